The fourth-order valence-corrected chi connectivity index (χ4v) is 2.81. The Morgan fingerprint density at radius 1 is 1.15 bits per heavy atom. The zero-order valence-electron chi connectivity index (χ0n) is 14.8. The van der Waals surface area contributed by atoms with Crippen LogP contribution in [0.15, 0.2) is 60.0 Å². The SMILES string of the molecule is Cc1cc(/C=N\NC(=O)c2cccnc2)c(C)n1-c1cccc(C(=O)[O-])c1. The van der Waals surface area contributed by atoms with Gasteiger partial charge in [-0.05, 0) is 49.7 Å². The standard InChI is InChI=1S/C20H18N4O3/c1-13-9-17(12-22-23-19(25)16-6-4-8-21-11-16)14(2)24(13)18-7-3-5-15(10-18)20(26)27/h3-12H,1-2H3,(H,23,25)(H,26,27)/p-1/b22-12-. The van der Waals surface area contributed by atoms with Gasteiger partial charge in [-0.2, -0.15) is 5.10 Å². The highest BCUT2D eigenvalue weighted by Gasteiger charge is 2.10. The van der Waals surface area contributed by atoms with Crippen LogP contribution in [0.3, 0.4) is 0 Å². The second-order valence-electron chi connectivity index (χ2n) is 5.94. The van der Waals surface area contributed by atoms with Crippen LogP contribution in [0.25, 0.3) is 5.69 Å². The number of aromatic nitrogens is 2. The van der Waals surface area contributed by atoms with Gasteiger partial charge in [0.15, 0.2) is 0 Å². The molecule has 0 aliphatic carbocycles. The maximum Gasteiger partial charge on any atom is 0.272 e. The molecule has 7 heteroatoms. The fourth-order valence-electron chi connectivity index (χ4n) is 2.81. The van der Waals surface area contributed by atoms with Crippen LogP contribution in [0.5, 0.6) is 0 Å². The van der Waals surface area contributed by atoms with Crippen LogP contribution in [0.2, 0.25) is 0 Å². The summed E-state index contributed by atoms with van der Waals surface area (Å²) in [5, 5.41) is 15.1. The van der Waals surface area contributed by atoms with Crippen LogP contribution in [-0.4, -0.2) is 27.6 Å². The minimum Gasteiger partial charge on any atom is -0.545 e. The monoisotopic (exact) mass is 361 g/mol. The number of amides is 1. The number of nitrogens with one attached hydrogen (secondary N) is 1. The van der Waals surface area contributed by atoms with Gasteiger partial charge in [0, 0.05) is 35.0 Å². The summed E-state index contributed by atoms with van der Waals surface area (Å²) >= 11 is 0. The first kappa shape index (κ1) is 18.1. The number of hydrogen-bond acceptors (Lipinski definition) is 5. The molecule has 1 amide bonds. The van der Waals surface area contributed by atoms with Gasteiger partial charge in [0.25, 0.3) is 5.91 Å². The number of carbonyl (C=O) groups is 2. The number of carbonyl (C=O) groups excluding carboxylic acids is 2. The minimum atomic E-state index is -1.22. The first-order valence-corrected chi connectivity index (χ1v) is 8.21. The molecule has 1 N–H and O–H groups in total. The first-order chi connectivity index (χ1) is 13.0. The Bertz CT molecular complexity index is 1020. The molecule has 7 nitrogen and oxygen atoms in total. The lowest BCUT2D eigenvalue weighted by Crippen LogP contribution is -2.22. The minimum absolute atomic E-state index is 0.110. The number of carboxylic acids is 1. The van der Waals surface area contributed by atoms with Crippen molar-refractivity contribution in [2.75, 3.05) is 0 Å². The average Bonchev–Trinajstić information content (AvgIpc) is 2.96. The quantitative estimate of drug-likeness (QED) is 0.551. The van der Waals surface area contributed by atoms with E-state index in [9.17, 15) is 14.7 Å². The zero-order valence-corrected chi connectivity index (χ0v) is 14.8. The molecule has 0 aliphatic rings. The van der Waals surface area contributed by atoms with Gasteiger partial charge in [-0.25, -0.2) is 5.43 Å². The predicted molar refractivity (Wildman–Crippen MR) is 98.9 cm³/mol. The smallest absolute Gasteiger partial charge is 0.272 e. The van der Waals surface area contributed by atoms with Gasteiger partial charge in [0.1, 0.15) is 0 Å². The van der Waals surface area contributed by atoms with Crippen molar-refractivity contribution in [3.63, 3.8) is 0 Å². The summed E-state index contributed by atoms with van der Waals surface area (Å²) in [4.78, 5) is 27.0. The Morgan fingerprint density at radius 2 is 1.93 bits per heavy atom. The van der Waals surface area contributed by atoms with Crippen LogP contribution in [0.4, 0.5) is 0 Å². The number of hydrogen-bond donors (Lipinski definition) is 1. The molecule has 0 spiro atoms. The van der Waals surface area contributed by atoms with E-state index in [4.69, 9.17) is 0 Å². The van der Waals surface area contributed by atoms with Crippen LogP contribution >= 0.6 is 0 Å². The van der Waals surface area contributed by atoms with Crippen molar-refractivity contribution in [3.05, 3.63) is 82.9 Å². The fraction of sp³-hybridized carbons (Fsp3) is 0.100. The highest BCUT2D eigenvalue weighted by atomic mass is 16.4. The molecule has 2 heterocycles. The Hall–Kier alpha value is -3.74. The summed E-state index contributed by atoms with van der Waals surface area (Å²) in [6.45, 7) is 3.80. The third-order valence-electron chi connectivity index (χ3n) is 4.10. The van der Waals surface area contributed by atoms with Crippen LogP contribution in [0.1, 0.15) is 37.7 Å². The lowest BCUT2D eigenvalue weighted by Gasteiger charge is -2.11. The third-order valence-corrected chi connectivity index (χ3v) is 4.10. The normalized spacial score (nSPS) is 10.9. The topological polar surface area (TPSA) is 99.4 Å². The molecule has 27 heavy (non-hydrogen) atoms. The van der Waals surface area contributed by atoms with E-state index in [1.807, 2.05) is 30.5 Å². The Labute approximate surface area is 156 Å². The van der Waals surface area contributed by atoms with Gasteiger partial charge >= 0.3 is 0 Å². The molecule has 0 saturated carbocycles. The molecule has 136 valence electrons. The summed E-state index contributed by atoms with van der Waals surface area (Å²) in [7, 11) is 0. The second kappa shape index (κ2) is 7.65. The number of aryl methyl sites for hydroxylation is 1. The van der Waals surface area contributed by atoms with Crippen molar-refractivity contribution < 1.29 is 14.7 Å². The molecular weight excluding hydrogens is 344 g/mol. The Balaban J connectivity index is 1.83. The van der Waals surface area contributed by atoms with Gasteiger partial charge in [-0.3, -0.25) is 9.78 Å². The van der Waals surface area contributed by atoms with Crippen molar-refractivity contribution >= 4 is 18.1 Å². The van der Waals surface area contributed by atoms with Gasteiger partial charge in [0.2, 0.25) is 0 Å². The van der Waals surface area contributed by atoms with Gasteiger partial charge in [-0.1, -0.05) is 12.1 Å². The molecule has 3 aromatic rings. The number of pyridine rings is 1. The summed E-state index contributed by atoms with van der Waals surface area (Å²) in [6, 6.07) is 11.8. The van der Waals surface area contributed by atoms with E-state index in [0.29, 0.717) is 11.3 Å². The molecule has 0 unspecified atom stereocenters. The van der Waals surface area contributed by atoms with E-state index in [0.717, 1.165) is 17.0 Å². The van der Waals surface area contributed by atoms with Crippen LogP contribution < -0.4 is 10.5 Å². The summed E-state index contributed by atoms with van der Waals surface area (Å²) in [6.07, 6.45) is 4.60. The molecule has 0 atom stereocenters. The molecule has 0 radical (unpaired) electrons. The first-order valence-electron chi connectivity index (χ1n) is 8.21. The van der Waals surface area contributed by atoms with E-state index in [1.165, 1.54) is 12.3 Å². The number of rotatable bonds is 5. The summed E-state index contributed by atoms with van der Waals surface area (Å²) in [5.41, 5.74) is 6.27. The van der Waals surface area contributed by atoms with Crippen molar-refractivity contribution in [3.8, 4) is 5.69 Å². The van der Waals surface area contributed by atoms with Crippen LogP contribution in [0, 0.1) is 13.8 Å². The van der Waals surface area contributed by atoms with Gasteiger partial charge in [0.05, 0.1) is 17.7 Å². The van der Waals surface area contributed by atoms with Crippen molar-refractivity contribution in [1.29, 1.82) is 0 Å². The summed E-state index contributed by atoms with van der Waals surface area (Å²) in [5.74, 6) is -1.57. The molecule has 0 bridgehead atoms. The lowest BCUT2D eigenvalue weighted by molar-refractivity contribution is -0.255. The lowest BCUT2D eigenvalue weighted by atomic mass is 10.2. The zero-order chi connectivity index (χ0) is 19.4. The van der Waals surface area contributed by atoms with E-state index >= 15 is 0 Å². The largest absolute Gasteiger partial charge is 0.545 e. The van der Waals surface area contributed by atoms with Crippen molar-refractivity contribution in [2.24, 2.45) is 5.10 Å². The third kappa shape index (κ3) is 3.92. The van der Waals surface area contributed by atoms with E-state index in [-0.39, 0.29) is 11.5 Å². The molecular formula is C20H17N4O3-. The Morgan fingerprint density at radius 3 is 2.63 bits per heavy atom. The van der Waals surface area contributed by atoms with Crippen molar-refractivity contribution in [2.45, 2.75) is 13.8 Å². The number of nitrogens with zero attached hydrogens (tertiary/aromatic N) is 3. The maximum atomic E-state index is 12.0. The molecule has 0 saturated heterocycles. The molecule has 0 aliphatic heterocycles. The number of carboxylic acid groups (broad SMARTS) is 1. The van der Waals surface area contributed by atoms with Crippen molar-refractivity contribution in [1.82, 2.24) is 15.0 Å². The number of benzene rings is 1. The highest BCUT2D eigenvalue weighted by Crippen LogP contribution is 2.20. The van der Waals surface area contributed by atoms with E-state index < -0.39 is 5.97 Å². The molecule has 3 rings (SSSR count). The van der Waals surface area contributed by atoms with Gasteiger partial charge < -0.3 is 14.5 Å². The number of aromatic carboxylic acids is 1. The molecule has 2 aromatic heterocycles. The van der Waals surface area contributed by atoms with E-state index in [1.54, 1.807) is 36.7 Å². The Kier molecular flexibility index (Phi) is 5.12. The van der Waals surface area contributed by atoms with Crippen LogP contribution in [-0.2, 0) is 0 Å². The molecule has 0 fully saturated rings. The summed E-state index contributed by atoms with van der Waals surface area (Å²) < 4.78 is 1.91. The maximum absolute atomic E-state index is 12.0. The average molecular weight is 361 g/mol. The number of hydrazone groups is 1. The predicted octanol–water partition coefficient (Wildman–Crippen LogP) is 1.62. The second-order valence-corrected chi connectivity index (χ2v) is 5.94. The highest BCUT2D eigenvalue weighted by molar-refractivity contribution is 5.94. The molecule has 1 aromatic carbocycles. The van der Waals surface area contributed by atoms with E-state index in [2.05, 4.69) is 15.5 Å². The van der Waals surface area contributed by atoms with Gasteiger partial charge in [-0.15, -0.1) is 0 Å².